The number of aliphatic hydroxyl groups excluding tert-OH is 1. The molecule has 0 bridgehead atoms. The van der Waals surface area contributed by atoms with Crippen LogP contribution in [-0.2, 0) is 20.6 Å². The van der Waals surface area contributed by atoms with Crippen LogP contribution in [0.5, 0.6) is 0 Å². The van der Waals surface area contributed by atoms with Crippen molar-refractivity contribution in [2.24, 2.45) is 0 Å². The summed E-state index contributed by atoms with van der Waals surface area (Å²) in [5, 5.41) is 9.96. The van der Waals surface area contributed by atoms with Crippen LogP contribution in [0.1, 0.15) is 0 Å². The molecule has 10 nitrogen and oxygen atoms in total. The predicted molar refractivity (Wildman–Crippen MR) is 68.9 cm³/mol. The van der Waals surface area contributed by atoms with Crippen molar-refractivity contribution in [3.63, 3.8) is 0 Å². The summed E-state index contributed by atoms with van der Waals surface area (Å²) in [6, 6.07) is 1.16. The molecule has 0 aliphatic carbocycles. The molecule has 2 heterocycles. The van der Waals surface area contributed by atoms with E-state index in [0.717, 1.165) is 10.6 Å². The smallest absolute Gasteiger partial charge is 0.350 e. The fraction of sp³-hybridized carbons (Fsp3) is 0.600. The molecule has 1 aromatic rings. The molecule has 1 saturated heterocycles. The van der Waals surface area contributed by atoms with Crippen molar-refractivity contribution >= 4 is 7.60 Å². The van der Waals surface area contributed by atoms with Crippen molar-refractivity contribution in [2.45, 2.75) is 24.9 Å². The number of hydrogen-bond donors (Lipinski definition) is 4. The third-order valence-electron chi connectivity index (χ3n) is 2.97. The molecule has 1 aliphatic heterocycles. The van der Waals surface area contributed by atoms with Crippen LogP contribution in [-0.4, -0.2) is 55.7 Å². The lowest BCUT2D eigenvalue weighted by Gasteiger charge is -2.18. The first-order valence-electron chi connectivity index (χ1n) is 6.02. The van der Waals surface area contributed by atoms with E-state index < -0.39 is 43.5 Å². The van der Waals surface area contributed by atoms with Gasteiger partial charge >= 0.3 is 13.3 Å². The molecule has 1 aliphatic rings. The average molecular weight is 322 g/mol. The Kier molecular flexibility index (Phi) is 4.77. The minimum absolute atomic E-state index is 0.0213. The van der Waals surface area contributed by atoms with Crippen molar-refractivity contribution in [3.8, 4) is 0 Å². The molecule has 11 heteroatoms. The van der Waals surface area contributed by atoms with Crippen molar-refractivity contribution < 1.29 is 28.9 Å². The van der Waals surface area contributed by atoms with Gasteiger partial charge in [-0.25, -0.2) is 4.79 Å². The van der Waals surface area contributed by atoms with E-state index in [-0.39, 0.29) is 13.2 Å². The number of aliphatic hydroxyl groups is 1. The topological polar surface area (TPSA) is 151 Å². The maximum absolute atomic E-state index is 11.5. The first kappa shape index (κ1) is 16.1. The zero-order valence-electron chi connectivity index (χ0n) is 10.8. The van der Waals surface area contributed by atoms with E-state index in [2.05, 4.69) is 4.98 Å². The van der Waals surface area contributed by atoms with E-state index >= 15 is 0 Å². The van der Waals surface area contributed by atoms with Gasteiger partial charge in [0.05, 0.1) is 13.2 Å². The Morgan fingerprint density at radius 1 is 1.48 bits per heavy atom. The summed E-state index contributed by atoms with van der Waals surface area (Å²) in [5.74, 6) is 0. The van der Waals surface area contributed by atoms with Crippen molar-refractivity contribution in [2.75, 3.05) is 13.0 Å². The molecule has 118 valence electrons. The second kappa shape index (κ2) is 6.22. The third-order valence-corrected chi connectivity index (χ3v) is 3.45. The lowest BCUT2D eigenvalue weighted by atomic mass is 10.1. The van der Waals surface area contributed by atoms with Gasteiger partial charge in [-0.15, -0.1) is 0 Å². The highest BCUT2D eigenvalue weighted by molar-refractivity contribution is 7.51. The molecule has 2 rings (SSSR count). The summed E-state index contributed by atoms with van der Waals surface area (Å²) in [6.07, 6.45) is -2.36. The van der Waals surface area contributed by atoms with E-state index in [1.165, 1.54) is 6.20 Å². The Bertz CT molecular complexity index is 649. The van der Waals surface area contributed by atoms with Crippen LogP contribution in [0.3, 0.4) is 0 Å². The summed E-state index contributed by atoms with van der Waals surface area (Å²) in [7, 11) is -4.33. The molecular formula is C10H15N2O8P. The molecule has 4 N–H and O–H groups in total. The van der Waals surface area contributed by atoms with Crippen LogP contribution in [0.2, 0.25) is 0 Å². The molecule has 0 radical (unpaired) electrons. The summed E-state index contributed by atoms with van der Waals surface area (Å²) in [5.41, 5.74) is -1.18. The van der Waals surface area contributed by atoms with Crippen molar-refractivity contribution in [1.29, 1.82) is 0 Å². The van der Waals surface area contributed by atoms with E-state index in [1.54, 1.807) is 0 Å². The highest BCUT2D eigenvalue weighted by Crippen LogP contribution is 2.35. The van der Waals surface area contributed by atoms with Gasteiger partial charge < -0.3 is 24.4 Å². The normalized spacial score (nSPS) is 26.1. The van der Waals surface area contributed by atoms with Crippen molar-refractivity contribution in [3.05, 3.63) is 33.1 Å². The largest absolute Gasteiger partial charge is 0.388 e. The zero-order chi connectivity index (χ0) is 15.6. The monoisotopic (exact) mass is 322 g/mol. The number of aromatic nitrogens is 2. The van der Waals surface area contributed by atoms with Gasteiger partial charge in [-0.1, -0.05) is 0 Å². The first-order chi connectivity index (χ1) is 9.76. The Morgan fingerprint density at radius 2 is 2.19 bits per heavy atom. The molecule has 0 saturated carbocycles. The minimum Gasteiger partial charge on any atom is -0.388 e. The number of hydrogen-bond acceptors (Lipinski definition) is 6. The Morgan fingerprint density at radius 3 is 2.81 bits per heavy atom. The van der Waals surface area contributed by atoms with E-state index in [0.29, 0.717) is 0 Å². The Balaban J connectivity index is 1.98. The van der Waals surface area contributed by atoms with Crippen LogP contribution >= 0.6 is 7.60 Å². The van der Waals surface area contributed by atoms with E-state index in [9.17, 15) is 19.3 Å². The zero-order valence-corrected chi connectivity index (χ0v) is 11.7. The van der Waals surface area contributed by atoms with Crippen LogP contribution in [0, 0.1) is 0 Å². The van der Waals surface area contributed by atoms with Gasteiger partial charge in [0, 0.05) is 12.3 Å². The highest BCUT2D eigenvalue weighted by atomic mass is 31.2. The van der Waals surface area contributed by atoms with Gasteiger partial charge in [0.25, 0.3) is 5.56 Å². The highest BCUT2D eigenvalue weighted by Gasteiger charge is 2.38. The average Bonchev–Trinajstić information content (AvgIpc) is 2.71. The molecule has 0 aromatic carbocycles. The summed E-state index contributed by atoms with van der Waals surface area (Å²) < 4.78 is 22.0. The van der Waals surface area contributed by atoms with Gasteiger partial charge in [-0.05, 0) is 0 Å². The number of nitrogens with zero attached hydrogens (tertiary/aromatic N) is 1. The summed E-state index contributed by atoms with van der Waals surface area (Å²) in [6.45, 7) is -0.0729. The number of nitrogens with one attached hydrogen (secondary N) is 1. The number of aromatic amines is 1. The van der Waals surface area contributed by atoms with Crippen molar-refractivity contribution in [1.82, 2.24) is 9.55 Å². The van der Waals surface area contributed by atoms with Gasteiger partial charge in [0.2, 0.25) is 0 Å². The van der Waals surface area contributed by atoms with Gasteiger partial charge in [-0.3, -0.25) is 18.9 Å². The fourth-order valence-electron chi connectivity index (χ4n) is 1.94. The second-order valence-electron chi connectivity index (χ2n) is 4.62. The molecule has 1 aromatic heterocycles. The molecule has 0 amide bonds. The van der Waals surface area contributed by atoms with Crippen LogP contribution < -0.4 is 11.2 Å². The van der Waals surface area contributed by atoms with E-state index in [4.69, 9.17) is 19.3 Å². The standard InChI is InChI=1S/C10H15N2O8P/c13-8-1-2-12(10(15)11-8)3-6-9(14)7(4-19-6)20-5-21(16,17)18/h1-2,6-7,9,14H,3-5H2,(H,11,13,15)(H2,16,17,18)/t6-,7-,9-/m0/s1. The van der Waals surface area contributed by atoms with Gasteiger partial charge in [0.15, 0.2) is 0 Å². The maximum Gasteiger partial charge on any atom is 0.350 e. The van der Waals surface area contributed by atoms with E-state index in [1.807, 2.05) is 0 Å². The molecule has 3 atom stereocenters. The Hall–Kier alpha value is -1.29. The predicted octanol–water partition coefficient (Wildman–Crippen LogP) is -2.18. The molecule has 21 heavy (non-hydrogen) atoms. The summed E-state index contributed by atoms with van der Waals surface area (Å²) >= 11 is 0. The van der Waals surface area contributed by atoms with Crippen LogP contribution in [0.15, 0.2) is 21.9 Å². The molecule has 0 unspecified atom stereocenters. The SMILES string of the molecule is O=c1ccn(C[C@@H]2OC[C@H](OCP(=O)(O)O)[C@H]2O)c(=O)[nH]1. The number of ether oxygens (including phenoxy) is 2. The van der Waals surface area contributed by atoms with Gasteiger partial charge in [0.1, 0.15) is 24.7 Å². The van der Waals surface area contributed by atoms with Crippen LogP contribution in [0.25, 0.3) is 0 Å². The lowest BCUT2D eigenvalue weighted by Crippen LogP contribution is -2.38. The first-order valence-corrected chi connectivity index (χ1v) is 7.81. The Labute approximate surface area is 118 Å². The molecular weight excluding hydrogens is 307 g/mol. The molecule has 0 spiro atoms. The number of H-pyrrole nitrogens is 1. The third kappa shape index (κ3) is 4.34. The summed E-state index contributed by atoms with van der Waals surface area (Å²) in [4.78, 5) is 41.9. The fourth-order valence-corrected chi connectivity index (χ4v) is 2.32. The van der Waals surface area contributed by atoms with Gasteiger partial charge in [-0.2, -0.15) is 0 Å². The lowest BCUT2D eigenvalue weighted by molar-refractivity contribution is -0.00944. The molecule has 1 fully saturated rings. The number of rotatable bonds is 5. The quantitative estimate of drug-likeness (QED) is 0.447. The maximum atomic E-state index is 11.5. The van der Waals surface area contributed by atoms with Crippen LogP contribution in [0.4, 0.5) is 0 Å². The minimum atomic E-state index is -4.33. The second-order valence-corrected chi connectivity index (χ2v) is 6.21.